The van der Waals surface area contributed by atoms with Crippen molar-refractivity contribution in [2.45, 2.75) is 19.4 Å². The Bertz CT molecular complexity index is 514. The molecule has 2 atom stereocenters. The Morgan fingerprint density at radius 2 is 2.14 bits per heavy atom. The van der Waals surface area contributed by atoms with E-state index in [2.05, 4.69) is 9.88 Å². The molecule has 0 aliphatic carbocycles. The number of ether oxygens (including phenoxy) is 1. The molecule has 2 saturated heterocycles. The van der Waals surface area contributed by atoms with E-state index in [1.165, 1.54) is 0 Å². The molecule has 2 N–H and O–H groups in total. The van der Waals surface area contributed by atoms with Crippen LogP contribution in [0.25, 0.3) is 0 Å². The SMILES string of the molecule is CC1OCCC1C(=O)N1CCN(c2ncccc2N)CC1. The Morgan fingerprint density at radius 1 is 1.38 bits per heavy atom. The fraction of sp³-hybridized carbons (Fsp3) is 0.600. The van der Waals surface area contributed by atoms with Gasteiger partial charge in [0.05, 0.1) is 17.7 Å². The highest BCUT2D eigenvalue weighted by Crippen LogP contribution is 2.25. The third kappa shape index (κ3) is 2.81. The highest BCUT2D eigenvalue weighted by atomic mass is 16.5. The van der Waals surface area contributed by atoms with Crippen LogP contribution in [0.1, 0.15) is 13.3 Å². The molecule has 3 heterocycles. The third-order valence-corrected chi connectivity index (χ3v) is 4.40. The van der Waals surface area contributed by atoms with Gasteiger partial charge in [0.25, 0.3) is 0 Å². The predicted molar refractivity (Wildman–Crippen MR) is 81.0 cm³/mol. The largest absolute Gasteiger partial charge is 0.396 e. The molecule has 0 saturated carbocycles. The van der Waals surface area contributed by atoms with Gasteiger partial charge in [-0.1, -0.05) is 0 Å². The molecule has 0 aromatic carbocycles. The molecular weight excluding hydrogens is 268 g/mol. The van der Waals surface area contributed by atoms with Crippen LogP contribution in [0.4, 0.5) is 11.5 Å². The summed E-state index contributed by atoms with van der Waals surface area (Å²) in [7, 11) is 0. The first-order chi connectivity index (χ1) is 10.2. The molecule has 0 spiro atoms. The van der Waals surface area contributed by atoms with Crippen LogP contribution >= 0.6 is 0 Å². The van der Waals surface area contributed by atoms with Crippen LogP contribution < -0.4 is 10.6 Å². The predicted octanol–water partition coefficient (Wildman–Crippen LogP) is 0.737. The van der Waals surface area contributed by atoms with Gasteiger partial charge >= 0.3 is 0 Å². The van der Waals surface area contributed by atoms with Crippen molar-refractivity contribution in [3.05, 3.63) is 18.3 Å². The molecule has 2 aliphatic rings. The summed E-state index contributed by atoms with van der Waals surface area (Å²) in [6.45, 7) is 5.67. The zero-order valence-electron chi connectivity index (χ0n) is 12.4. The summed E-state index contributed by atoms with van der Waals surface area (Å²) in [4.78, 5) is 20.9. The molecule has 0 radical (unpaired) electrons. The average Bonchev–Trinajstić information content (AvgIpc) is 2.93. The topological polar surface area (TPSA) is 71.7 Å². The van der Waals surface area contributed by atoms with Gasteiger partial charge in [-0.05, 0) is 25.5 Å². The number of nitrogens with zero attached hydrogens (tertiary/aromatic N) is 3. The van der Waals surface area contributed by atoms with Crippen LogP contribution in [0.5, 0.6) is 0 Å². The van der Waals surface area contributed by atoms with Crippen molar-refractivity contribution in [1.29, 1.82) is 0 Å². The molecule has 1 aromatic rings. The summed E-state index contributed by atoms with van der Waals surface area (Å²) in [6.07, 6.45) is 2.63. The van der Waals surface area contributed by atoms with Crippen LogP contribution in [-0.2, 0) is 9.53 Å². The number of piperazine rings is 1. The molecule has 2 fully saturated rings. The van der Waals surface area contributed by atoms with Gasteiger partial charge in [0, 0.05) is 39.0 Å². The molecule has 6 heteroatoms. The smallest absolute Gasteiger partial charge is 0.228 e. The maximum Gasteiger partial charge on any atom is 0.228 e. The lowest BCUT2D eigenvalue weighted by Crippen LogP contribution is -2.51. The second-order valence-electron chi connectivity index (χ2n) is 5.70. The highest BCUT2D eigenvalue weighted by molar-refractivity contribution is 5.80. The van der Waals surface area contributed by atoms with E-state index < -0.39 is 0 Å². The molecule has 3 rings (SSSR count). The number of pyridine rings is 1. The molecule has 2 unspecified atom stereocenters. The lowest BCUT2D eigenvalue weighted by Gasteiger charge is -2.37. The number of anilines is 2. The Morgan fingerprint density at radius 3 is 2.76 bits per heavy atom. The number of rotatable bonds is 2. The molecule has 6 nitrogen and oxygen atoms in total. The van der Waals surface area contributed by atoms with Gasteiger partial charge in [0.2, 0.25) is 5.91 Å². The summed E-state index contributed by atoms with van der Waals surface area (Å²) in [5, 5.41) is 0. The lowest BCUT2D eigenvalue weighted by molar-refractivity contribution is -0.137. The van der Waals surface area contributed by atoms with E-state index in [4.69, 9.17) is 10.5 Å². The van der Waals surface area contributed by atoms with E-state index >= 15 is 0 Å². The van der Waals surface area contributed by atoms with Gasteiger partial charge < -0.3 is 20.3 Å². The maximum atomic E-state index is 12.5. The van der Waals surface area contributed by atoms with Crippen molar-refractivity contribution >= 4 is 17.4 Å². The van der Waals surface area contributed by atoms with Gasteiger partial charge in [-0.15, -0.1) is 0 Å². The third-order valence-electron chi connectivity index (χ3n) is 4.40. The van der Waals surface area contributed by atoms with Crippen molar-refractivity contribution in [2.75, 3.05) is 43.4 Å². The number of aromatic nitrogens is 1. The second-order valence-corrected chi connectivity index (χ2v) is 5.70. The number of hydrogen-bond acceptors (Lipinski definition) is 5. The Kier molecular flexibility index (Phi) is 3.96. The minimum atomic E-state index is 0.0245. The van der Waals surface area contributed by atoms with E-state index in [1.54, 1.807) is 6.20 Å². The molecule has 1 aromatic heterocycles. The average molecular weight is 290 g/mol. The summed E-state index contributed by atoms with van der Waals surface area (Å²) >= 11 is 0. The summed E-state index contributed by atoms with van der Waals surface area (Å²) in [5.41, 5.74) is 6.65. The Balaban J connectivity index is 1.60. The number of nitrogens with two attached hydrogens (primary N) is 1. The van der Waals surface area contributed by atoms with E-state index in [0.717, 1.165) is 38.4 Å². The number of carbonyl (C=O) groups excluding carboxylic acids is 1. The maximum absolute atomic E-state index is 12.5. The fourth-order valence-corrected chi connectivity index (χ4v) is 3.10. The summed E-state index contributed by atoms with van der Waals surface area (Å²) < 4.78 is 5.50. The quantitative estimate of drug-likeness (QED) is 0.869. The first-order valence-corrected chi connectivity index (χ1v) is 7.52. The normalized spacial score (nSPS) is 26.1. The zero-order valence-corrected chi connectivity index (χ0v) is 12.4. The van der Waals surface area contributed by atoms with E-state index in [1.807, 2.05) is 24.0 Å². The molecule has 2 aliphatic heterocycles. The number of hydrogen-bond donors (Lipinski definition) is 1. The van der Waals surface area contributed by atoms with E-state index in [-0.39, 0.29) is 17.9 Å². The van der Waals surface area contributed by atoms with Gasteiger partial charge in [-0.25, -0.2) is 4.98 Å². The minimum Gasteiger partial charge on any atom is -0.396 e. The van der Waals surface area contributed by atoms with E-state index in [0.29, 0.717) is 12.3 Å². The second kappa shape index (κ2) is 5.89. The lowest BCUT2D eigenvalue weighted by atomic mass is 10.0. The highest BCUT2D eigenvalue weighted by Gasteiger charge is 2.35. The first kappa shape index (κ1) is 14.1. The monoisotopic (exact) mass is 290 g/mol. The van der Waals surface area contributed by atoms with Crippen LogP contribution in [0.2, 0.25) is 0 Å². The molecule has 114 valence electrons. The molecule has 1 amide bonds. The molecule has 21 heavy (non-hydrogen) atoms. The fourth-order valence-electron chi connectivity index (χ4n) is 3.10. The molecule has 0 bridgehead atoms. The van der Waals surface area contributed by atoms with Crippen LogP contribution in [0, 0.1) is 5.92 Å². The van der Waals surface area contributed by atoms with Crippen molar-refractivity contribution < 1.29 is 9.53 Å². The van der Waals surface area contributed by atoms with Gasteiger partial charge in [0.15, 0.2) is 5.82 Å². The number of nitrogen functional groups attached to an aromatic ring is 1. The van der Waals surface area contributed by atoms with E-state index in [9.17, 15) is 4.79 Å². The van der Waals surface area contributed by atoms with Gasteiger partial charge in [0.1, 0.15) is 0 Å². The van der Waals surface area contributed by atoms with Crippen molar-refractivity contribution in [3.8, 4) is 0 Å². The zero-order chi connectivity index (χ0) is 14.8. The van der Waals surface area contributed by atoms with Gasteiger partial charge in [-0.2, -0.15) is 0 Å². The summed E-state index contributed by atoms with van der Waals surface area (Å²) in [5.74, 6) is 1.08. The van der Waals surface area contributed by atoms with Crippen molar-refractivity contribution in [1.82, 2.24) is 9.88 Å². The Labute approximate surface area is 124 Å². The van der Waals surface area contributed by atoms with Gasteiger partial charge in [-0.3, -0.25) is 4.79 Å². The van der Waals surface area contributed by atoms with Crippen LogP contribution in [0.3, 0.4) is 0 Å². The summed E-state index contributed by atoms with van der Waals surface area (Å²) in [6, 6.07) is 3.69. The Hall–Kier alpha value is -1.82. The number of amides is 1. The van der Waals surface area contributed by atoms with Crippen molar-refractivity contribution in [2.24, 2.45) is 5.92 Å². The van der Waals surface area contributed by atoms with Crippen LogP contribution in [0.15, 0.2) is 18.3 Å². The molecular formula is C15H22N4O2. The van der Waals surface area contributed by atoms with Crippen molar-refractivity contribution in [3.63, 3.8) is 0 Å². The minimum absolute atomic E-state index is 0.0245. The first-order valence-electron chi connectivity index (χ1n) is 7.52. The van der Waals surface area contributed by atoms with Crippen LogP contribution in [-0.4, -0.2) is 54.7 Å². The standard InChI is InChI=1S/C15H22N4O2/c1-11-12(4-10-21-11)15(20)19-8-6-18(7-9-19)14-13(16)3-2-5-17-14/h2-3,5,11-12H,4,6-10,16H2,1H3. The number of carbonyl (C=O) groups is 1.